The summed E-state index contributed by atoms with van der Waals surface area (Å²) in [4.78, 5) is 26.3. The third-order valence-corrected chi connectivity index (χ3v) is 4.16. The van der Waals surface area contributed by atoms with Gasteiger partial charge in [-0.2, -0.15) is 5.26 Å². The molecule has 7 nitrogen and oxygen atoms in total. The van der Waals surface area contributed by atoms with Crippen molar-refractivity contribution < 1.29 is 23.5 Å². The quantitative estimate of drug-likeness (QED) is 0.539. The van der Waals surface area contributed by atoms with Gasteiger partial charge < -0.3 is 18.8 Å². The van der Waals surface area contributed by atoms with Crippen LogP contribution in [0.2, 0.25) is 0 Å². The average Bonchev–Trinajstić information content (AvgIpc) is 3.18. The zero-order valence-electron chi connectivity index (χ0n) is 16.0. The van der Waals surface area contributed by atoms with Gasteiger partial charge in [0.1, 0.15) is 11.3 Å². The van der Waals surface area contributed by atoms with Crippen LogP contribution < -0.4 is 9.64 Å². The van der Waals surface area contributed by atoms with Crippen molar-refractivity contribution in [3.63, 3.8) is 0 Å². The Hall–Kier alpha value is -3.79. The zero-order chi connectivity index (χ0) is 20.6. The van der Waals surface area contributed by atoms with Crippen molar-refractivity contribution in [2.75, 3.05) is 24.7 Å². The number of ether oxygens (including phenoxy) is 2. The van der Waals surface area contributed by atoms with Gasteiger partial charge in [0.2, 0.25) is 5.76 Å². The molecular weight excluding hydrogens is 372 g/mol. The second kappa shape index (κ2) is 9.42. The first-order valence-corrected chi connectivity index (χ1v) is 9.18. The lowest BCUT2D eigenvalue weighted by molar-refractivity contribution is -0.121. The lowest BCUT2D eigenvalue weighted by Gasteiger charge is -2.21. The second-order valence-corrected chi connectivity index (χ2v) is 6.11. The Balaban J connectivity index is 1.67. The number of benzene rings is 2. The maximum absolute atomic E-state index is 12.6. The molecule has 1 heterocycles. The molecule has 1 aromatic heterocycles. The lowest BCUT2D eigenvalue weighted by atomic mass is 10.2. The van der Waals surface area contributed by atoms with Crippen LogP contribution in [0.1, 0.15) is 23.9 Å². The summed E-state index contributed by atoms with van der Waals surface area (Å²) >= 11 is 0. The minimum atomic E-state index is -0.721. The molecule has 3 rings (SSSR count). The van der Waals surface area contributed by atoms with Crippen LogP contribution in [0.5, 0.6) is 5.75 Å². The van der Waals surface area contributed by atoms with E-state index in [9.17, 15) is 9.59 Å². The van der Waals surface area contributed by atoms with Crippen LogP contribution in [0.3, 0.4) is 0 Å². The number of hydrogen-bond acceptors (Lipinski definition) is 6. The molecule has 2 aromatic carbocycles. The number of carbonyl (C=O) groups excluding carboxylic acids is 2. The first kappa shape index (κ1) is 20.0. The Bertz CT molecular complexity index is 1000. The molecule has 7 heteroatoms. The molecule has 0 spiro atoms. The Kier molecular flexibility index (Phi) is 6.48. The maximum Gasteiger partial charge on any atom is 0.374 e. The van der Waals surface area contributed by atoms with Crippen LogP contribution in [0, 0.1) is 11.3 Å². The molecule has 0 radical (unpaired) electrons. The number of rotatable bonds is 8. The molecule has 29 heavy (non-hydrogen) atoms. The van der Waals surface area contributed by atoms with Crippen molar-refractivity contribution in [2.24, 2.45) is 0 Å². The van der Waals surface area contributed by atoms with Gasteiger partial charge in [-0.15, -0.1) is 0 Å². The average molecular weight is 392 g/mol. The van der Waals surface area contributed by atoms with Gasteiger partial charge >= 0.3 is 5.97 Å². The van der Waals surface area contributed by atoms with Gasteiger partial charge in [-0.1, -0.05) is 18.2 Å². The minimum absolute atomic E-state index is 0.0312. The van der Waals surface area contributed by atoms with E-state index >= 15 is 0 Å². The molecule has 0 saturated heterocycles. The summed E-state index contributed by atoms with van der Waals surface area (Å²) in [5.74, 6) is -0.445. The third kappa shape index (κ3) is 4.93. The van der Waals surface area contributed by atoms with Gasteiger partial charge in [0.05, 0.1) is 19.1 Å². The van der Waals surface area contributed by atoms with E-state index in [-0.39, 0.29) is 18.7 Å². The third-order valence-electron chi connectivity index (χ3n) is 4.16. The SMILES string of the molecule is CCOc1ccc(N(CCC#N)C(=O)COC(=O)c2cc3ccccc3o2)cc1. The van der Waals surface area contributed by atoms with E-state index in [1.807, 2.05) is 25.1 Å². The highest BCUT2D eigenvalue weighted by Crippen LogP contribution is 2.21. The van der Waals surface area contributed by atoms with Crippen molar-refractivity contribution in [3.05, 3.63) is 60.4 Å². The molecule has 0 aliphatic rings. The summed E-state index contributed by atoms with van der Waals surface area (Å²) in [6.07, 6.45) is 0.149. The van der Waals surface area contributed by atoms with Gasteiger partial charge in [0.15, 0.2) is 6.61 Å². The molecule has 3 aromatic rings. The number of esters is 1. The lowest BCUT2D eigenvalue weighted by Crippen LogP contribution is -2.35. The predicted molar refractivity (Wildman–Crippen MR) is 107 cm³/mol. The van der Waals surface area contributed by atoms with Gasteiger partial charge in [-0.3, -0.25) is 4.79 Å². The smallest absolute Gasteiger partial charge is 0.374 e. The zero-order valence-corrected chi connectivity index (χ0v) is 16.0. The highest BCUT2D eigenvalue weighted by Gasteiger charge is 2.20. The maximum atomic E-state index is 12.6. The number of nitrogens with zero attached hydrogens (tertiary/aromatic N) is 2. The van der Waals surface area contributed by atoms with Crippen LogP contribution in [-0.4, -0.2) is 31.6 Å². The van der Waals surface area contributed by atoms with Crippen molar-refractivity contribution in [2.45, 2.75) is 13.3 Å². The molecule has 0 saturated carbocycles. The molecule has 148 valence electrons. The highest BCUT2D eigenvalue weighted by molar-refractivity contribution is 5.97. The number of para-hydroxylation sites is 1. The molecule has 0 aliphatic heterocycles. The molecule has 0 N–H and O–H groups in total. The first-order chi connectivity index (χ1) is 14.1. The Labute approximate surface area is 168 Å². The van der Waals surface area contributed by atoms with Crippen LogP contribution >= 0.6 is 0 Å². The summed E-state index contributed by atoms with van der Waals surface area (Å²) in [5.41, 5.74) is 1.16. The first-order valence-electron chi connectivity index (χ1n) is 9.18. The number of carbonyl (C=O) groups is 2. The Morgan fingerprint density at radius 3 is 2.59 bits per heavy atom. The molecule has 0 aliphatic carbocycles. The second-order valence-electron chi connectivity index (χ2n) is 6.11. The van der Waals surface area contributed by atoms with E-state index in [0.29, 0.717) is 23.6 Å². The van der Waals surface area contributed by atoms with E-state index in [0.717, 1.165) is 5.39 Å². The highest BCUT2D eigenvalue weighted by atomic mass is 16.5. The van der Waals surface area contributed by atoms with Gasteiger partial charge in [0, 0.05) is 17.6 Å². The minimum Gasteiger partial charge on any atom is -0.494 e. The fourth-order valence-corrected chi connectivity index (χ4v) is 2.81. The number of amides is 1. The summed E-state index contributed by atoms with van der Waals surface area (Å²) in [6, 6.07) is 17.7. The summed E-state index contributed by atoms with van der Waals surface area (Å²) in [5, 5.41) is 9.66. The van der Waals surface area contributed by atoms with Gasteiger partial charge in [0.25, 0.3) is 5.91 Å². The molecular formula is C22H20N2O5. The predicted octanol–water partition coefficient (Wildman–Crippen LogP) is 3.94. The van der Waals surface area contributed by atoms with Crippen LogP contribution in [0.15, 0.2) is 59.0 Å². The monoisotopic (exact) mass is 392 g/mol. The number of furan rings is 1. The Morgan fingerprint density at radius 1 is 1.14 bits per heavy atom. The molecule has 0 bridgehead atoms. The van der Waals surface area contributed by atoms with Crippen LogP contribution in [0.25, 0.3) is 11.0 Å². The summed E-state index contributed by atoms with van der Waals surface area (Å²) < 4.78 is 16.0. The van der Waals surface area contributed by atoms with Crippen LogP contribution in [-0.2, 0) is 9.53 Å². The van der Waals surface area contributed by atoms with Gasteiger partial charge in [-0.05, 0) is 43.3 Å². The number of hydrogen-bond donors (Lipinski definition) is 0. The fraction of sp³-hybridized carbons (Fsp3) is 0.227. The molecule has 0 atom stereocenters. The molecule has 0 fully saturated rings. The van der Waals surface area contributed by atoms with Crippen molar-refractivity contribution in [1.82, 2.24) is 0 Å². The van der Waals surface area contributed by atoms with E-state index in [1.165, 1.54) is 4.90 Å². The molecule has 0 unspecified atom stereocenters. The van der Waals surface area contributed by atoms with E-state index in [2.05, 4.69) is 0 Å². The fourth-order valence-electron chi connectivity index (χ4n) is 2.81. The van der Waals surface area contributed by atoms with E-state index in [1.54, 1.807) is 42.5 Å². The normalized spacial score (nSPS) is 10.3. The summed E-state index contributed by atoms with van der Waals surface area (Å²) in [6.45, 7) is 2.14. The topological polar surface area (TPSA) is 92.8 Å². The van der Waals surface area contributed by atoms with Crippen LogP contribution in [0.4, 0.5) is 5.69 Å². The van der Waals surface area contributed by atoms with Crippen molar-refractivity contribution in [1.29, 1.82) is 5.26 Å². The standard InChI is InChI=1S/C22H20N2O5/c1-2-27-18-10-8-17(9-11-18)24(13-5-12-23)21(25)15-28-22(26)20-14-16-6-3-4-7-19(16)29-20/h3-4,6-11,14H,2,5,13,15H2,1H3. The number of nitriles is 1. The Morgan fingerprint density at radius 2 is 1.90 bits per heavy atom. The summed E-state index contributed by atoms with van der Waals surface area (Å²) in [7, 11) is 0. The van der Waals surface area contributed by atoms with Crippen molar-refractivity contribution in [3.8, 4) is 11.8 Å². The van der Waals surface area contributed by atoms with E-state index in [4.69, 9.17) is 19.2 Å². The van der Waals surface area contributed by atoms with Gasteiger partial charge in [-0.25, -0.2) is 4.79 Å². The van der Waals surface area contributed by atoms with E-state index < -0.39 is 18.5 Å². The largest absolute Gasteiger partial charge is 0.494 e. The van der Waals surface area contributed by atoms with Crippen molar-refractivity contribution >= 4 is 28.5 Å². The number of anilines is 1. The number of fused-ring (bicyclic) bond motifs is 1. The molecule has 1 amide bonds.